The van der Waals surface area contributed by atoms with Gasteiger partial charge in [0.2, 0.25) is 5.91 Å². The summed E-state index contributed by atoms with van der Waals surface area (Å²) in [4.78, 5) is 28.6. The third kappa shape index (κ3) is 2.97. The number of nitrogens with zero attached hydrogens (tertiary/aromatic N) is 3. The Morgan fingerprint density at radius 2 is 2.12 bits per heavy atom. The summed E-state index contributed by atoms with van der Waals surface area (Å²) >= 11 is 0. The Hall–Kier alpha value is -2.50. The Kier molecular flexibility index (Phi) is 4.11. The fourth-order valence-corrected chi connectivity index (χ4v) is 4.11. The highest BCUT2D eigenvalue weighted by Gasteiger charge is 2.32. The van der Waals surface area contributed by atoms with Crippen LogP contribution in [0.15, 0.2) is 30.5 Å². The number of carbonyl (C=O) groups is 2. The number of fused-ring (bicyclic) bond motifs is 1. The number of aromatic nitrogens is 1. The van der Waals surface area contributed by atoms with E-state index in [4.69, 9.17) is 0 Å². The quantitative estimate of drug-likeness (QED) is 0.925. The number of para-hydroxylation sites is 1. The predicted octanol–water partition coefficient (Wildman–Crippen LogP) is 1.74. The number of aryl methyl sites for hydroxylation is 1. The van der Waals surface area contributed by atoms with Crippen LogP contribution in [0.25, 0.3) is 10.9 Å². The van der Waals surface area contributed by atoms with Gasteiger partial charge >= 0.3 is 6.03 Å². The standard InChI is InChI=1S/C19H24N4O2/c1-21-12-14(16-6-2-3-7-17(16)21)11-18(24)22-9-4-5-15(13-22)23-10-8-20-19(23)25/h2-3,6-7,12,15H,4-5,8-11,13H2,1H3,(H,20,25)/t15-/m0/s1. The predicted molar refractivity (Wildman–Crippen MR) is 96.3 cm³/mol. The van der Waals surface area contributed by atoms with Crippen molar-refractivity contribution in [3.63, 3.8) is 0 Å². The number of nitrogens with one attached hydrogen (secondary N) is 1. The molecule has 0 spiro atoms. The fraction of sp³-hybridized carbons (Fsp3) is 0.474. The molecule has 0 saturated carbocycles. The first-order valence-electron chi connectivity index (χ1n) is 8.98. The lowest BCUT2D eigenvalue weighted by Crippen LogP contribution is -2.51. The summed E-state index contributed by atoms with van der Waals surface area (Å²) in [5.74, 6) is 0.153. The van der Waals surface area contributed by atoms with Gasteiger partial charge in [0, 0.05) is 50.3 Å². The van der Waals surface area contributed by atoms with Gasteiger partial charge in [0.1, 0.15) is 0 Å². The van der Waals surface area contributed by atoms with Crippen molar-refractivity contribution in [1.82, 2.24) is 19.7 Å². The summed E-state index contributed by atoms with van der Waals surface area (Å²) in [7, 11) is 2.01. The highest BCUT2D eigenvalue weighted by atomic mass is 16.2. The van der Waals surface area contributed by atoms with Crippen LogP contribution in [0.5, 0.6) is 0 Å². The van der Waals surface area contributed by atoms with Gasteiger partial charge in [-0.2, -0.15) is 0 Å². The van der Waals surface area contributed by atoms with Gasteiger partial charge in [-0.1, -0.05) is 18.2 Å². The Balaban J connectivity index is 1.47. The second-order valence-electron chi connectivity index (χ2n) is 7.02. The van der Waals surface area contributed by atoms with Gasteiger partial charge in [-0.3, -0.25) is 4.79 Å². The van der Waals surface area contributed by atoms with Crippen molar-refractivity contribution in [3.8, 4) is 0 Å². The molecule has 132 valence electrons. The molecule has 1 N–H and O–H groups in total. The van der Waals surface area contributed by atoms with Gasteiger partial charge in [-0.15, -0.1) is 0 Å². The lowest BCUT2D eigenvalue weighted by molar-refractivity contribution is -0.132. The van der Waals surface area contributed by atoms with Crippen molar-refractivity contribution in [2.24, 2.45) is 7.05 Å². The SMILES string of the molecule is Cn1cc(CC(=O)N2CCC[C@H](N3CCNC3=O)C2)c2ccccc21. The van der Waals surface area contributed by atoms with Crippen molar-refractivity contribution in [2.45, 2.75) is 25.3 Å². The molecule has 1 aromatic heterocycles. The summed E-state index contributed by atoms with van der Waals surface area (Å²) in [6, 6.07) is 8.34. The molecule has 1 atom stereocenters. The van der Waals surface area contributed by atoms with Crippen LogP contribution in [0, 0.1) is 0 Å². The zero-order valence-electron chi connectivity index (χ0n) is 14.6. The van der Waals surface area contributed by atoms with Gasteiger partial charge in [-0.25, -0.2) is 4.79 Å². The normalized spacial score (nSPS) is 21.0. The summed E-state index contributed by atoms with van der Waals surface area (Å²) in [6.07, 6.45) is 4.40. The molecule has 2 aliphatic heterocycles. The van der Waals surface area contributed by atoms with E-state index < -0.39 is 0 Å². The maximum absolute atomic E-state index is 12.9. The monoisotopic (exact) mass is 340 g/mol. The van der Waals surface area contributed by atoms with E-state index in [1.807, 2.05) is 29.0 Å². The first-order chi connectivity index (χ1) is 12.1. The minimum Gasteiger partial charge on any atom is -0.350 e. The van der Waals surface area contributed by atoms with Crippen LogP contribution in [0.4, 0.5) is 4.79 Å². The highest BCUT2D eigenvalue weighted by Crippen LogP contribution is 2.23. The molecule has 2 aliphatic rings. The largest absolute Gasteiger partial charge is 0.350 e. The molecule has 2 fully saturated rings. The molecule has 0 aliphatic carbocycles. The number of rotatable bonds is 3. The summed E-state index contributed by atoms with van der Waals surface area (Å²) in [5, 5.41) is 4.00. The van der Waals surface area contributed by atoms with Crippen LogP contribution in [-0.2, 0) is 18.3 Å². The van der Waals surface area contributed by atoms with Crippen LogP contribution < -0.4 is 5.32 Å². The third-order valence-electron chi connectivity index (χ3n) is 5.40. The van der Waals surface area contributed by atoms with Crippen molar-refractivity contribution in [2.75, 3.05) is 26.2 Å². The number of likely N-dealkylation sites (tertiary alicyclic amines) is 1. The Morgan fingerprint density at radius 1 is 1.28 bits per heavy atom. The average molecular weight is 340 g/mol. The lowest BCUT2D eigenvalue weighted by Gasteiger charge is -2.37. The molecule has 3 amide bonds. The number of amides is 3. The van der Waals surface area contributed by atoms with Crippen LogP contribution >= 0.6 is 0 Å². The van der Waals surface area contributed by atoms with Gasteiger partial charge in [0.15, 0.2) is 0 Å². The minimum absolute atomic E-state index is 0.00773. The van der Waals surface area contributed by atoms with Crippen molar-refractivity contribution < 1.29 is 9.59 Å². The van der Waals surface area contributed by atoms with Crippen molar-refractivity contribution in [1.29, 1.82) is 0 Å². The molecular weight excluding hydrogens is 316 g/mol. The highest BCUT2D eigenvalue weighted by molar-refractivity contribution is 5.89. The molecule has 2 aromatic rings. The summed E-state index contributed by atoms with van der Waals surface area (Å²) in [5.41, 5.74) is 2.22. The number of piperidine rings is 1. The average Bonchev–Trinajstić information content (AvgIpc) is 3.19. The smallest absolute Gasteiger partial charge is 0.317 e. The topological polar surface area (TPSA) is 57.6 Å². The van der Waals surface area contributed by atoms with E-state index in [0.29, 0.717) is 19.5 Å². The first-order valence-corrected chi connectivity index (χ1v) is 8.98. The second-order valence-corrected chi connectivity index (χ2v) is 7.02. The van der Waals surface area contributed by atoms with E-state index in [2.05, 4.69) is 28.2 Å². The minimum atomic E-state index is 0.00773. The number of urea groups is 1. The van der Waals surface area contributed by atoms with E-state index in [-0.39, 0.29) is 18.0 Å². The number of hydrogen-bond donors (Lipinski definition) is 1. The summed E-state index contributed by atoms with van der Waals surface area (Å²) in [6.45, 7) is 2.89. The lowest BCUT2D eigenvalue weighted by atomic mass is 10.0. The van der Waals surface area contributed by atoms with Crippen molar-refractivity contribution in [3.05, 3.63) is 36.0 Å². The molecular formula is C19H24N4O2. The van der Waals surface area contributed by atoms with Gasteiger partial charge < -0.3 is 19.7 Å². The van der Waals surface area contributed by atoms with Gasteiger partial charge in [0.25, 0.3) is 0 Å². The maximum Gasteiger partial charge on any atom is 0.317 e. The van der Waals surface area contributed by atoms with Crippen molar-refractivity contribution >= 4 is 22.8 Å². The molecule has 4 rings (SSSR count). The number of hydrogen-bond acceptors (Lipinski definition) is 2. The third-order valence-corrected chi connectivity index (χ3v) is 5.40. The van der Waals surface area contributed by atoms with Gasteiger partial charge in [0.05, 0.1) is 12.5 Å². The van der Waals surface area contributed by atoms with E-state index in [1.54, 1.807) is 0 Å². The van der Waals surface area contributed by atoms with Crippen LogP contribution in [0.2, 0.25) is 0 Å². The molecule has 6 heteroatoms. The zero-order valence-corrected chi connectivity index (χ0v) is 14.6. The molecule has 2 saturated heterocycles. The molecule has 0 unspecified atom stereocenters. The molecule has 6 nitrogen and oxygen atoms in total. The van der Waals surface area contributed by atoms with Gasteiger partial charge in [-0.05, 0) is 24.5 Å². The number of benzene rings is 1. The van der Waals surface area contributed by atoms with Crippen LogP contribution in [-0.4, -0.2) is 58.5 Å². The van der Waals surface area contributed by atoms with E-state index >= 15 is 0 Å². The van der Waals surface area contributed by atoms with Crippen LogP contribution in [0.1, 0.15) is 18.4 Å². The summed E-state index contributed by atoms with van der Waals surface area (Å²) < 4.78 is 2.07. The molecule has 3 heterocycles. The maximum atomic E-state index is 12.9. The number of carbonyl (C=O) groups excluding carboxylic acids is 2. The van der Waals surface area contributed by atoms with Crippen LogP contribution in [0.3, 0.4) is 0 Å². The second kappa shape index (κ2) is 6.43. The Morgan fingerprint density at radius 3 is 2.92 bits per heavy atom. The Labute approximate surface area is 147 Å². The van der Waals surface area contributed by atoms with E-state index in [9.17, 15) is 9.59 Å². The van der Waals surface area contributed by atoms with E-state index in [0.717, 1.165) is 42.4 Å². The first kappa shape index (κ1) is 16.0. The zero-order chi connectivity index (χ0) is 17.4. The fourth-order valence-electron chi connectivity index (χ4n) is 4.11. The molecule has 1 aromatic carbocycles. The molecule has 25 heavy (non-hydrogen) atoms. The Bertz CT molecular complexity index is 813. The molecule has 0 bridgehead atoms. The molecule has 0 radical (unpaired) electrons. The van der Waals surface area contributed by atoms with E-state index in [1.165, 1.54) is 0 Å².